The fourth-order valence-electron chi connectivity index (χ4n) is 0.995. The molecule has 0 radical (unpaired) electrons. The van der Waals surface area contributed by atoms with E-state index in [0.717, 1.165) is 0 Å². The van der Waals surface area contributed by atoms with Crippen molar-refractivity contribution in [3.8, 4) is 0 Å². The highest BCUT2D eigenvalue weighted by atomic mass is 32.1. The zero-order chi connectivity index (χ0) is 10.2. The predicted octanol–water partition coefficient (Wildman–Crippen LogP) is 2.13. The van der Waals surface area contributed by atoms with E-state index in [2.05, 4.69) is 0 Å². The minimum Gasteiger partial charge on any atom is -0.385 e. The van der Waals surface area contributed by atoms with Crippen LogP contribution in [0.5, 0.6) is 0 Å². The maximum atomic E-state index is 13.2. The SMILES string of the molecule is CC(N)c1sc(C(C)(C)O)cc1F. The van der Waals surface area contributed by atoms with Gasteiger partial charge in [0, 0.05) is 10.9 Å². The molecule has 0 aliphatic rings. The lowest BCUT2D eigenvalue weighted by Gasteiger charge is -2.13. The number of nitrogens with two attached hydrogens (primary N) is 1. The maximum Gasteiger partial charge on any atom is 0.139 e. The summed E-state index contributed by atoms with van der Waals surface area (Å²) < 4.78 is 13.2. The van der Waals surface area contributed by atoms with Crippen molar-refractivity contribution in [2.75, 3.05) is 0 Å². The van der Waals surface area contributed by atoms with Crippen LogP contribution in [0.2, 0.25) is 0 Å². The van der Waals surface area contributed by atoms with Crippen molar-refractivity contribution in [3.63, 3.8) is 0 Å². The van der Waals surface area contributed by atoms with Crippen LogP contribution in [0.3, 0.4) is 0 Å². The number of hydrogen-bond acceptors (Lipinski definition) is 3. The molecule has 1 unspecified atom stereocenters. The highest BCUT2D eigenvalue weighted by Gasteiger charge is 2.22. The summed E-state index contributed by atoms with van der Waals surface area (Å²) in [5.41, 5.74) is 4.57. The summed E-state index contributed by atoms with van der Waals surface area (Å²) in [6.45, 7) is 4.98. The smallest absolute Gasteiger partial charge is 0.139 e. The number of hydrogen-bond donors (Lipinski definition) is 2. The third kappa shape index (κ3) is 2.27. The van der Waals surface area contributed by atoms with E-state index in [-0.39, 0.29) is 11.9 Å². The molecule has 2 nitrogen and oxygen atoms in total. The number of thiophene rings is 1. The summed E-state index contributed by atoms with van der Waals surface area (Å²) in [5.74, 6) is -0.322. The summed E-state index contributed by atoms with van der Waals surface area (Å²) in [7, 11) is 0. The molecule has 0 aliphatic heterocycles. The number of rotatable bonds is 2. The van der Waals surface area contributed by atoms with Gasteiger partial charge in [-0.2, -0.15) is 0 Å². The minimum atomic E-state index is -0.987. The van der Waals surface area contributed by atoms with Crippen LogP contribution in [0.15, 0.2) is 6.07 Å². The Morgan fingerprint density at radius 3 is 2.38 bits per heavy atom. The molecule has 1 aromatic heterocycles. The van der Waals surface area contributed by atoms with Crippen LogP contribution in [-0.2, 0) is 5.60 Å². The van der Waals surface area contributed by atoms with E-state index in [0.29, 0.717) is 9.75 Å². The van der Waals surface area contributed by atoms with E-state index in [4.69, 9.17) is 5.73 Å². The first-order valence-electron chi connectivity index (χ1n) is 4.10. The molecule has 0 fully saturated rings. The van der Waals surface area contributed by atoms with Crippen LogP contribution in [0, 0.1) is 5.82 Å². The van der Waals surface area contributed by atoms with Crippen LogP contribution in [-0.4, -0.2) is 5.11 Å². The van der Waals surface area contributed by atoms with Crippen LogP contribution >= 0.6 is 11.3 Å². The van der Waals surface area contributed by atoms with Crippen LogP contribution in [0.25, 0.3) is 0 Å². The van der Waals surface area contributed by atoms with Gasteiger partial charge in [0.15, 0.2) is 0 Å². The van der Waals surface area contributed by atoms with Gasteiger partial charge in [-0.15, -0.1) is 11.3 Å². The third-order valence-corrected chi connectivity index (χ3v) is 3.35. The molecule has 13 heavy (non-hydrogen) atoms. The molecular formula is C9H14FNOS. The summed E-state index contributed by atoms with van der Waals surface area (Å²) >= 11 is 1.22. The Hall–Kier alpha value is -0.450. The molecule has 0 aliphatic carbocycles. The van der Waals surface area contributed by atoms with Crippen LogP contribution in [0.1, 0.15) is 36.6 Å². The molecule has 74 valence electrons. The zero-order valence-electron chi connectivity index (χ0n) is 7.97. The Morgan fingerprint density at radius 2 is 2.15 bits per heavy atom. The maximum absolute atomic E-state index is 13.2. The van der Waals surface area contributed by atoms with Gasteiger partial charge in [0.1, 0.15) is 5.82 Å². The second-order valence-corrected chi connectivity index (χ2v) is 4.75. The van der Waals surface area contributed by atoms with Crippen molar-refractivity contribution in [1.29, 1.82) is 0 Å². The first-order chi connectivity index (χ1) is 5.82. The Balaban J connectivity index is 3.10. The van der Waals surface area contributed by atoms with Crippen molar-refractivity contribution < 1.29 is 9.50 Å². The predicted molar refractivity (Wildman–Crippen MR) is 52.1 cm³/mol. The fraction of sp³-hybridized carbons (Fsp3) is 0.556. The molecule has 0 saturated heterocycles. The lowest BCUT2D eigenvalue weighted by Crippen LogP contribution is -2.12. The lowest BCUT2D eigenvalue weighted by molar-refractivity contribution is 0.0823. The monoisotopic (exact) mass is 203 g/mol. The van der Waals surface area contributed by atoms with Gasteiger partial charge < -0.3 is 10.8 Å². The van der Waals surface area contributed by atoms with Crippen molar-refractivity contribution in [1.82, 2.24) is 0 Å². The molecule has 1 aromatic rings. The normalized spacial score (nSPS) is 14.6. The Labute approximate surface area is 81.2 Å². The van der Waals surface area contributed by atoms with E-state index in [1.807, 2.05) is 0 Å². The van der Waals surface area contributed by atoms with Crippen LogP contribution < -0.4 is 5.73 Å². The van der Waals surface area contributed by atoms with Crippen molar-refractivity contribution >= 4 is 11.3 Å². The molecule has 4 heteroatoms. The fourth-order valence-corrected chi connectivity index (χ4v) is 1.99. The first kappa shape index (κ1) is 10.6. The minimum absolute atomic E-state index is 0.318. The van der Waals surface area contributed by atoms with Gasteiger partial charge in [-0.1, -0.05) is 0 Å². The lowest BCUT2D eigenvalue weighted by atomic mass is 10.1. The molecule has 0 amide bonds. The Bertz CT molecular complexity index is 301. The molecule has 1 heterocycles. The molecule has 0 spiro atoms. The Kier molecular flexibility index (Phi) is 2.75. The highest BCUT2D eigenvalue weighted by molar-refractivity contribution is 7.12. The molecule has 0 saturated carbocycles. The first-order valence-corrected chi connectivity index (χ1v) is 4.91. The zero-order valence-corrected chi connectivity index (χ0v) is 8.78. The van der Waals surface area contributed by atoms with Gasteiger partial charge in [-0.25, -0.2) is 4.39 Å². The van der Waals surface area contributed by atoms with Gasteiger partial charge in [0.2, 0.25) is 0 Å². The van der Waals surface area contributed by atoms with Gasteiger partial charge in [-0.05, 0) is 26.8 Å². The van der Waals surface area contributed by atoms with E-state index < -0.39 is 5.60 Å². The summed E-state index contributed by atoms with van der Waals surface area (Å²) in [6, 6.07) is 1.03. The molecule has 3 N–H and O–H groups in total. The molecule has 0 aromatic carbocycles. The van der Waals surface area contributed by atoms with Gasteiger partial charge >= 0.3 is 0 Å². The topological polar surface area (TPSA) is 46.2 Å². The van der Waals surface area contributed by atoms with Gasteiger partial charge in [-0.3, -0.25) is 0 Å². The third-order valence-electron chi connectivity index (χ3n) is 1.73. The van der Waals surface area contributed by atoms with E-state index in [9.17, 15) is 9.50 Å². The highest BCUT2D eigenvalue weighted by Crippen LogP contribution is 2.32. The Morgan fingerprint density at radius 1 is 1.62 bits per heavy atom. The molecular weight excluding hydrogens is 189 g/mol. The van der Waals surface area contributed by atoms with Crippen molar-refractivity contribution in [3.05, 3.63) is 21.6 Å². The average Bonchev–Trinajstić information content (AvgIpc) is 2.29. The second-order valence-electron chi connectivity index (χ2n) is 3.67. The number of aliphatic hydroxyl groups is 1. The van der Waals surface area contributed by atoms with Crippen LogP contribution in [0.4, 0.5) is 4.39 Å². The summed E-state index contributed by atoms with van der Waals surface area (Å²) in [5, 5.41) is 9.61. The van der Waals surface area contributed by atoms with E-state index in [1.165, 1.54) is 17.4 Å². The van der Waals surface area contributed by atoms with E-state index in [1.54, 1.807) is 20.8 Å². The van der Waals surface area contributed by atoms with Gasteiger partial charge in [0.25, 0.3) is 0 Å². The average molecular weight is 203 g/mol. The molecule has 1 rings (SSSR count). The second kappa shape index (κ2) is 3.36. The van der Waals surface area contributed by atoms with Gasteiger partial charge in [0.05, 0.1) is 10.5 Å². The largest absolute Gasteiger partial charge is 0.385 e. The quantitative estimate of drug-likeness (QED) is 0.773. The summed E-state index contributed by atoms with van der Waals surface area (Å²) in [6.07, 6.45) is 0. The molecule has 1 atom stereocenters. The van der Waals surface area contributed by atoms with E-state index >= 15 is 0 Å². The standard InChI is InChI=1S/C9H14FNOS/c1-5(11)8-6(10)4-7(13-8)9(2,3)12/h4-5,12H,11H2,1-3H3. The summed E-state index contributed by atoms with van der Waals surface area (Å²) in [4.78, 5) is 1.11. The number of halogens is 1. The molecule has 0 bridgehead atoms. The van der Waals surface area contributed by atoms with Crippen molar-refractivity contribution in [2.24, 2.45) is 5.73 Å². The van der Waals surface area contributed by atoms with Crippen molar-refractivity contribution in [2.45, 2.75) is 32.4 Å².